The van der Waals surface area contributed by atoms with Crippen LogP contribution in [0.2, 0.25) is 0 Å². The first-order chi connectivity index (χ1) is 18.7. The minimum Gasteiger partial charge on any atom is -0.381 e. The standard InChI is InChI=1S/C23H27F4N9O3/c24-16(4-6-36-12-20(33-35-36)21(37)29-10-14-2-1-7-39-13-14)9-18(31-22(38)19-11-30-34-32-19)17-8-15(3-5-28-17)23(25,26)27/h3,5,8,11-12,14,16,18H,1-2,4,6-7,9-10,13H2,(H,29,37)(H,31,38)(H,30,32,34). The average Bonchev–Trinajstić information content (AvgIpc) is 3.63. The van der Waals surface area contributed by atoms with E-state index < -0.39 is 35.8 Å². The average molecular weight is 554 g/mol. The molecule has 2 amide bonds. The van der Waals surface area contributed by atoms with Gasteiger partial charge in [-0.3, -0.25) is 19.3 Å². The van der Waals surface area contributed by atoms with Crippen molar-refractivity contribution in [2.45, 2.75) is 50.6 Å². The Morgan fingerprint density at radius 3 is 2.82 bits per heavy atom. The number of nitrogens with zero attached hydrogens (tertiary/aromatic N) is 6. The normalized spacial score (nSPS) is 17.4. The SMILES string of the molecule is O=C(NCC1CCCOC1)c1cn(CCC(F)CC(NC(=O)c2cn[nH]n2)c2cc(C(F)(F)F)ccn2)nn1. The van der Waals surface area contributed by atoms with E-state index in [2.05, 4.69) is 41.3 Å². The molecule has 3 unspecified atom stereocenters. The highest BCUT2D eigenvalue weighted by Gasteiger charge is 2.32. The second kappa shape index (κ2) is 12.7. The number of carbonyl (C=O) groups is 2. The second-order valence-electron chi connectivity index (χ2n) is 9.13. The number of aryl methyl sites for hydroxylation is 1. The first-order valence-electron chi connectivity index (χ1n) is 12.3. The molecule has 1 aliphatic rings. The molecule has 39 heavy (non-hydrogen) atoms. The zero-order chi connectivity index (χ0) is 27.8. The van der Waals surface area contributed by atoms with Gasteiger partial charge in [0.05, 0.1) is 36.3 Å². The van der Waals surface area contributed by atoms with Crippen LogP contribution in [0.1, 0.15) is 64.0 Å². The first kappa shape index (κ1) is 28.1. The summed E-state index contributed by atoms with van der Waals surface area (Å²) in [4.78, 5) is 28.8. The van der Waals surface area contributed by atoms with Crippen molar-refractivity contribution in [2.75, 3.05) is 19.8 Å². The van der Waals surface area contributed by atoms with E-state index in [-0.39, 0.29) is 42.4 Å². The van der Waals surface area contributed by atoms with Crippen LogP contribution in [0.25, 0.3) is 0 Å². The molecule has 0 aromatic carbocycles. The molecule has 1 saturated heterocycles. The van der Waals surface area contributed by atoms with Gasteiger partial charge in [0.1, 0.15) is 6.17 Å². The van der Waals surface area contributed by atoms with E-state index in [1.54, 1.807) is 0 Å². The van der Waals surface area contributed by atoms with Crippen LogP contribution in [0, 0.1) is 5.92 Å². The van der Waals surface area contributed by atoms with Gasteiger partial charge in [0.25, 0.3) is 11.8 Å². The molecule has 3 atom stereocenters. The van der Waals surface area contributed by atoms with Gasteiger partial charge in [0, 0.05) is 32.3 Å². The van der Waals surface area contributed by atoms with Crippen LogP contribution >= 0.6 is 0 Å². The van der Waals surface area contributed by atoms with E-state index in [4.69, 9.17) is 4.74 Å². The lowest BCUT2D eigenvalue weighted by Gasteiger charge is -2.21. The van der Waals surface area contributed by atoms with Gasteiger partial charge in [-0.2, -0.15) is 28.6 Å². The molecule has 4 rings (SSSR count). The highest BCUT2D eigenvalue weighted by atomic mass is 19.4. The Morgan fingerprint density at radius 2 is 2.10 bits per heavy atom. The third kappa shape index (κ3) is 8.02. The number of nitrogens with one attached hydrogen (secondary N) is 3. The first-order valence-corrected chi connectivity index (χ1v) is 12.3. The number of rotatable bonds is 11. The summed E-state index contributed by atoms with van der Waals surface area (Å²) in [5.74, 6) is -0.934. The number of pyridine rings is 1. The number of aromatic amines is 1. The summed E-state index contributed by atoms with van der Waals surface area (Å²) in [6.07, 6.45) is -1.34. The Hall–Kier alpha value is -3.95. The molecule has 1 aliphatic heterocycles. The predicted octanol–water partition coefficient (Wildman–Crippen LogP) is 2.26. The third-order valence-corrected chi connectivity index (χ3v) is 6.16. The Labute approximate surface area is 219 Å². The number of halogens is 4. The minimum absolute atomic E-state index is 0.0396. The number of carbonyl (C=O) groups excluding carboxylic acids is 2. The van der Waals surface area contributed by atoms with Gasteiger partial charge in [-0.1, -0.05) is 5.21 Å². The number of H-pyrrole nitrogens is 1. The van der Waals surface area contributed by atoms with E-state index in [0.29, 0.717) is 13.2 Å². The van der Waals surface area contributed by atoms with Gasteiger partial charge in [0.15, 0.2) is 11.4 Å². The Morgan fingerprint density at radius 1 is 1.26 bits per heavy atom. The van der Waals surface area contributed by atoms with Crippen LogP contribution in [0.4, 0.5) is 17.6 Å². The highest BCUT2D eigenvalue weighted by molar-refractivity contribution is 5.92. The number of aromatic nitrogens is 7. The third-order valence-electron chi connectivity index (χ3n) is 6.16. The Bertz CT molecular complexity index is 1230. The summed E-state index contributed by atoms with van der Waals surface area (Å²) in [7, 11) is 0. The molecule has 3 N–H and O–H groups in total. The van der Waals surface area contributed by atoms with Crippen LogP contribution in [0.5, 0.6) is 0 Å². The fraction of sp³-hybridized carbons (Fsp3) is 0.522. The van der Waals surface area contributed by atoms with Crippen molar-refractivity contribution in [3.63, 3.8) is 0 Å². The lowest BCUT2D eigenvalue weighted by Crippen LogP contribution is -2.33. The van der Waals surface area contributed by atoms with Gasteiger partial charge in [-0.05, 0) is 37.3 Å². The van der Waals surface area contributed by atoms with Crippen molar-refractivity contribution in [3.05, 3.63) is 53.4 Å². The van der Waals surface area contributed by atoms with Crippen LogP contribution in [-0.4, -0.2) is 73.1 Å². The number of hydrogen-bond donors (Lipinski definition) is 3. The molecule has 0 bridgehead atoms. The van der Waals surface area contributed by atoms with E-state index >= 15 is 4.39 Å². The van der Waals surface area contributed by atoms with Crippen molar-refractivity contribution >= 4 is 11.8 Å². The van der Waals surface area contributed by atoms with Crippen LogP contribution in [0.3, 0.4) is 0 Å². The summed E-state index contributed by atoms with van der Waals surface area (Å²) in [6.45, 7) is 1.79. The van der Waals surface area contributed by atoms with Crippen molar-refractivity contribution in [2.24, 2.45) is 5.92 Å². The molecule has 0 saturated carbocycles. The fourth-order valence-corrected chi connectivity index (χ4v) is 4.07. The molecular formula is C23H27F4N9O3. The van der Waals surface area contributed by atoms with Gasteiger partial charge < -0.3 is 15.4 Å². The molecule has 0 aliphatic carbocycles. The van der Waals surface area contributed by atoms with E-state index in [0.717, 1.165) is 44.0 Å². The van der Waals surface area contributed by atoms with E-state index in [9.17, 15) is 22.8 Å². The number of amides is 2. The lowest BCUT2D eigenvalue weighted by molar-refractivity contribution is -0.137. The highest BCUT2D eigenvalue weighted by Crippen LogP contribution is 2.31. The van der Waals surface area contributed by atoms with Gasteiger partial charge in [0.2, 0.25) is 0 Å². The maximum atomic E-state index is 15.1. The predicted molar refractivity (Wildman–Crippen MR) is 126 cm³/mol. The molecular weight excluding hydrogens is 526 g/mol. The van der Waals surface area contributed by atoms with Gasteiger partial charge >= 0.3 is 6.18 Å². The molecule has 0 radical (unpaired) electrons. The molecule has 4 heterocycles. The van der Waals surface area contributed by atoms with E-state index in [1.165, 1.54) is 10.9 Å². The largest absolute Gasteiger partial charge is 0.416 e. The summed E-state index contributed by atoms with van der Waals surface area (Å²) >= 11 is 0. The zero-order valence-electron chi connectivity index (χ0n) is 20.7. The van der Waals surface area contributed by atoms with Gasteiger partial charge in [-0.15, -0.1) is 5.10 Å². The van der Waals surface area contributed by atoms with Crippen LogP contribution in [0.15, 0.2) is 30.7 Å². The molecule has 3 aromatic rings. The van der Waals surface area contributed by atoms with Crippen LogP contribution < -0.4 is 10.6 Å². The quantitative estimate of drug-likeness (QED) is 0.306. The second-order valence-corrected chi connectivity index (χ2v) is 9.13. The fourth-order valence-electron chi connectivity index (χ4n) is 4.07. The van der Waals surface area contributed by atoms with Crippen LogP contribution in [-0.2, 0) is 17.5 Å². The monoisotopic (exact) mass is 553 g/mol. The molecule has 12 nitrogen and oxygen atoms in total. The minimum atomic E-state index is -4.64. The smallest absolute Gasteiger partial charge is 0.381 e. The number of ether oxygens (including phenoxy) is 1. The Kier molecular flexibility index (Phi) is 9.16. The molecule has 210 valence electrons. The molecule has 1 fully saturated rings. The number of hydrogen-bond acceptors (Lipinski definition) is 8. The van der Waals surface area contributed by atoms with Crippen molar-refractivity contribution < 1.29 is 31.9 Å². The summed E-state index contributed by atoms with van der Waals surface area (Å²) < 4.78 is 61.4. The van der Waals surface area contributed by atoms with Crippen molar-refractivity contribution in [1.82, 2.24) is 46.0 Å². The topological polar surface area (TPSA) is 153 Å². The summed E-state index contributed by atoms with van der Waals surface area (Å²) in [5, 5.41) is 22.3. The van der Waals surface area contributed by atoms with Crippen molar-refractivity contribution in [1.29, 1.82) is 0 Å². The Balaban J connectivity index is 1.35. The number of alkyl halides is 4. The summed E-state index contributed by atoms with van der Waals surface area (Å²) in [5.41, 5.74) is -1.18. The maximum absolute atomic E-state index is 15.1. The maximum Gasteiger partial charge on any atom is 0.416 e. The molecule has 3 aromatic heterocycles. The zero-order valence-corrected chi connectivity index (χ0v) is 20.7. The lowest BCUT2D eigenvalue weighted by atomic mass is 10.0. The molecule has 0 spiro atoms. The summed E-state index contributed by atoms with van der Waals surface area (Å²) in [6, 6.07) is 0.364. The van der Waals surface area contributed by atoms with Crippen molar-refractivity contribution in [3.8, 4) is 0 Å². The van der Waals surface area contributed by atoms with Gasteiger partial charge in [-0.25, -0.2) is 4.39 Å². The molecule has 16 heteroatoms. The van der Waals surface area contributed by atoms with E-state index in [1.807, 2.05) is 0 Å².